The number of H-pyrrole nitrogens is 1. The van der Waals surface area contributed by atoms with E-state index in [2.05, 4.69) is 17.0 Å². The highest BCUT2D eigenvalue weighted by atomic mass is 16.1. The summed E-state index contributed by atoms with van der Waals surface area (Å²) in [7, 11) is 0. The number of anilines is 2. The zero-order chi connectivity index (χ0) is 20.4. The third-order valence-electron chi connectivity index (χ3n) is 4.87. The predicted octanol–water partition coefficient (Wildman–Crippen LogP) is 2.98. The number of nitrogen functional groups attached to an aromatic ring is 1. The average molecular weight is 382 g/mol. The smallest absolute Gasteiger partial charge is 0.280 e. The van der Waals surface area contributed by atoms with Crippen LogP contribution in [0.3, 0.4) is 0 Å². The first-order chi connectivity index (χ1) is 14.0. The van der Waals surface area contributed by atoms with Gasteiger partial charge in [-0.05, 0) is 53.9 Å². The second-order valence-electron chi connectivity index (χ2n) is 6.92. The van der Waals surface area contributed by atoms with Crippen molar-refractivity contribution in [1.29, 1.82) is 0 Å². The molecule has 0 atom stereocenters. The molecule has 0 saturated heterocycles. The Hall–Kier alpha value is -3.99. The van der Waals surface area contributed by atoms with Gasteiger partial charge >= 0.3 is 0 Å². The van der Waals surface area contributed by atoms with Gasteiger partial charge in [0.2, 0.25) is 0 Å². The summed E-state index contributed by atoms with van der Waals surface area (Å²) in [5.41, 5.74) is 11.2. The summed E-state index contributed by atoms with van der Waals surface area (Å²) >= 11 is 0. The van der Waals surface area contributed by atoms with E-state index in [1.54, 1.807) is 6.20 Å². The van der Waals surface area contributed by atoms with Crippen molar-refractivity contribution >= 4 is 24.2 Å². The first kappa shape index (κ1) is 18.4. The molecule has 4 rings (SSSR count). The zero-order valence-corrected chi connectivity index (χ0v) is 16.1. The molecule has 3 aromatic carbocycles. The summed E-state index contributed by atoms with van der Waals surface area (Å²) in [5, 5.41) is 7.30. The summed E-state index contributed by atoms with van der Waals surface area (Å²) in [5.74, 6) is 0. The third kappa shape index (κ3) is 3.71. The lowest BCUT2D eigenvalue weighted by Gasteiger charge is -2.05. The zero-order valence-electron chi connectivity index (χ0n) is 16.1. The van der Waals surface area contributed by atoms with Crippen LogP contribution in [0.5, 0.6) is 0 Å². The number of benzene rings is 3. The molecule has 1 heterocycles. The van der Waals surface area contributed by atoms with Crippen molar-refractivity contribution in [2.75, 3.05) is 11.1 Å². The summed E-state index contributed by atoms with van der Waals surface area (Å²) in [6.45, 7) is 5.94. The molecule has 0 saturated carbocycles. The van der Waals surface area contributed by atoms with E-state index in [1.807, 2.05) is 79.7 Å². The normalized spacial score (nSPS) is 11.6. The Bertz CT molecular complexity index is 1310. The van der Waals surface area contributed by atoms with Crippen LogP contribution < -0.4 is 27.2 Å². The Morgan fingerprint density at radius 1 is 0.966 bits per heavy atom. The van der Waals surface area contributed by atoms with Crippen LogP contribution in [0.1, 0.15) is 5.56 Å². The molecule has 0 aliphatic rings. The van der Waals surface area contributed by atoms with Gasteiger partial charge in [-0.3, -0.25) is 9.89 Å². The fourth-order valence-corrected chi connectivity index (χ4v) is 3.22. The molecule has 0 bridgehead atoms. The van der Waals surface area contributed by atoms with Crippen molar-refractivity contribution in [3.63, 3.8) is 0 Å². The van der Waals surface area contributed by atoms with Gasteiger partial charge in [-0.25, -0.2) is 4.68 Å². The van der Waals surface area contributed by atoms with Crippen molar-refractivity contribution in [2.45, 2.75) is 6.92 Å². The molecule has 144 valence electrons. The lowest BCUT2D eigenvalue weighted by atomic mass is 10.1. The highest BCUT2D eigenvalue weighted by Crippen LogP contribution is 2.22. The number of aromatic nitrogens is 2. The highest BCUT2D eigenvalue weighted by molar-refractivity contribution is 5.68. The molecule has 0 spiro atoms. The number of rotatable bonds is 4. The maximum absolute atomic E-state index is 12.8. The van der Waals surface area contributed by atoms with E-state index in [0.29, 0.717) is 10.6 Å². The van der Waals surface area contributed by atoms with Gasteiger partial charge in [0.05, 0.1) is 16.3 Å². The molecule has 0 aliphatic carbocycles. The predicted molar refractivity (Wildman–Crippen MR) is 120 cm³/mol. The molecule has 5 heteroatoms. The van der Waals surface area contributed by atoms with Gasteiger partial charge in [0.1, 0.15) is 0 Å². The molecule has 0 fully saturated rings. The van der Waals surface area contributed by atoms with Crippen molar-refractivity contribution in [3.05, 3.63) is 99.3 Å². The van der Waals surface area contributed by atoms with Crippen molar-refractivity contribution in [1.82, 2.24) is 9.78 Å². The monoisotopic (exact) mass is 382 g/mol. The number of para-hydroxylation sites is 1. The van der Waals surface area contributed by atoms with E-state index in [4.69, 9.17) is 5.73 Å². The number of nitrogens with one attached hydrogen (secondary N) is 2. The van der Waals surface area contributed by atoms with Crippen molar-refractivity contribution < 1.29 is 0 Å². The fourth-order valence-electron chi connectivity index (χ4n) is 3.22. The molecule has 0 aliphatic heterocycles. The molecule has 1 aromatic heterocycles. The number of hydrogen-bond donors (Lipinski definition) is 3. The molecule has 0 unspecified atom stereocenters. The van der Waals surface area contributed by atoms with E-state index in [0.717, 1.165) is 33.8 Å². The van der Waals surface area contributed by atoms with Crippen LogP contribution in [0.25, 0.3) is 29.6 Å². The van der Waals surface area contributed by atoms with Crippen LogP contribution in [0.4, 0.5) is 11.4 Å². The minimum absolute atomic E-state index is 0.143. The molecule has 0 amide bonds. The van der Waals surface area contributed by atoms with Gasteiger partial charge < -0.3 is 11.1 Å². The Morgan fingerprint density at radius 3 is 2.24 bits per heavy atom. The minimum Gasteiger partial charge on any atom is -0.399 e. The number of aromatic amines is 1. The average Bonchev–Trinajstić information content (AvgIpc) is 3.01. The second kappa shape index (κ2) is 7.56. The standard InChI is InChI=1S/C24H22N4O/c1-16-5-3-4-6-23(16)28-24(29)22(17(2)27-28)15-26-21-13-9-19(10-14-21)18-7-11-20(25)12-8-18/h3-15,26-27H,2,25H2,1H3. The fraction of sp³-hybridized carbons (Fsp3) is 0.0417. The first-order valence-corrected chi connectivity index (χ1v) is 9.31. The first-order valence-electron chi connectivity index (χ1n) is 9.31. The maximum Gasteiger partial charge on any atom is 0.280 e. The van der Waals surface area contributed by atoms with Crippen LogP contribution in [0, 0.1) is 6.92 Å². The Kier molecular flexibility index (Phi) is 4.79. The topological polar surface area (TPSA) is 75.8 Å². The Morgan fingerprint density at radius 2 is 1.59 bits per heavy atom. The maximum atomic E-state index is 12.8. The van der Waals surface area contributed by atoms with Gasteiger partial charge in [-0.15, -0.1) is 0 Å². The van der Waals surface area contributed by atoms with Gasteiger partial charge in [0.25, 0.3) is 5.56 Å². The van der Waals surface area contributed by atoms with E-state index in [9.17, 15) is 4.79 Å². The van der Waals surface area contributed by atoms with Crippen LogP contribution in [0.15, 0.2) is 77.6 Å². The van der Waals surface area contributed by atoms with Crippen molar-refractivity contribution in [2.24, 2.45) is 0 Å². The molecule has 5 nitrogen and oxygen atoms in total. The van der Waals surface area contributed by atoms with Gasteiger partial charge in [-0.2, -0.15) is 0 Å². The van der Waals surface area contributed by atoms with Crippen LogP contribution >= 0.6 is 0 Å². The number of hydrogen-bond acceptors (Lipinski definition) is 3. The van der Waals surface area contributed by atoms with E-state index in [1.165, 1.54) is 4.68 Å². The van der Waals surface area contributed by atoms with Gasteiger partial charge in [-0.1, -0.05) is 49.0 Å². The second-order valence-corrected chi connectivity index (χ2v) is 6.92. The molecule has 4 N–H and O–H groups in total. The summed E-state index contributed by atoms with van der Waals surface area (Å²) in [6, 6.07) is 23.5. The quantitative estimate of drug-likeness (QED) is 0.475. The lowest BCUT2D eigenvalue weighted by Crippen LogP contribution is -2.34. The molecular formula is C24H22N4O. The molecular weight excluding hydrogens is 360 g/mol. The number of aryl methyl sites for hydroxylation is 1. The van der Waals surface area contributed by atoms with E-state index < -0.39 is 0 Å². The third-order valence-corrected chi connectivity index (χ3v) is 4.87. The van der Waals surface area contributed by atoms with Crippen molar-refractivity contribution in [3.8, 4) is 16.8 Å². The highest BCUT2D eigenvalue weighted by Gasteiger charge is 2.06. The largest absolute Gasteiger partial charge is 0.399 e. The van der Waals surface area contributed by atoms with E-state index in [-0.39, 0.29) is 5.56 Å². The van der Waals surface area contributed by atoms with Gasteiger partial charge in [0, 0.05) is 17.6 Å². The number of nitrogens with two attached hydrogens (primary N) is 1. The van der Waals surface area contributed by atoms with Crippen LogP contribution in [0.2, 0.25) is 0 Å². The van der Waals surface area contributed by atoms with Gasteiger partial charge in [0.15, 0.2) is 0 Å². The molecule has 4 aromatic rings. The molecule has 29 heavy (non-hydrogen) atoms. The van der Waals surface area contributed by atoms with Crippen LogP contribution in [-0.2, 0) is 0 Å². The summed E-state index contributed by atoms with van der Waals surface area (Å²) in [4.78, 5) is 12.8. The Labute approximate surface area is 168 Å². The summed E-state index contributed by atoms with van der Waals surface area (Å²) in [6.07, 6.45) is 1.69. The molecule has 0 radical (unpaired) electrons. The SMILES string of the molecule is C=c1[nH]n(-c2ccccc2C)c(=O)c1=CNc1ccc(-c2ccc(N)cc2)cc1. The van der Waals surface area contributed by atoms with Crippen LogP contribution in [-0.4, -0.2) is 9.78 Å². The minimum atomic E-state index is -0.143. The number of nitrogens with zero attached hydrogens (tertiary/aromatic N) is 1. The lowest BCUT2D eigenvalue weighted by molar-refractivity contribution is 0.832. The Balaban J connectivity index is 1.61. The summed E-state index contributed by atoms with van der Waals surface area (Å²) < 4.78 is 1.52. The van der Waals surface area contributed by atoms with E-state index >= 15 is 0 Å².